The average molecular weight is 282 g/mol. The summed E-state index contributed by atoms with van der Waals surface area (Å²) in [4.78, 5) is 15.7. The second-order valence-electron chi connectivity index (χ2n) is 5.08. The highest BCUT2D eigenvalue weighted by Crippen LogP contribution is 2.35. The third kappa shape index (κ3) is 3.79. The van der Waals surface area contributed by atoms with Gasteiger partial charge in [-0.05, 0) is 25.7 Å². The molecule has 0 bridgehead atoms. The third-order valence-corrected chi connectivity index (χ3v) is 3.67. The summed E-state index contributed by atoms with van der Waals surface area (Å²) in [5.41, 5.74) is 0. The molecule has 2 rings (SSSR count). The van der Waals surface area contributed by atoms with Crippen molar-refractivity contribution in [2.24, 2.45) is 5.92 Å². The highest BCUT2D eigenvalue weighted by Gasteiger charge is 2.29. The molecule has 0 amide bonds. The van der Waals surface area contributed by atoms with Crippen molar-refractivity contribution < 1.29 is 18.8 Å². The maximum absolute atomic E-state index is 11.4. The van der Waals surface area contributed by atoms with Crippen molar-refractivity contribution in [3.05, 3.63) is 11.7 Å². The van der Waals surface area contributed by atoms with E-state index in [1.807, 2.05) is 0 Å². The second-order valence-corrected chi connectivity index (χ2v) is 5.08. The lowest BCUT2D eigenvalue weighted by molar-refractivity contribution is -0.142. The first-order valence-electron chi connectivity index (χ1n) is 7.25. The fraction of sp³-hybridized carbons (Fsp3) is 0.786. The van der Waals surface area contributed by atoms with E-state index in [0.717, 1.165) is 12.8 Å². The van der Waals surface area contributed by atoms with Crippen molar-refractivity contribution in [1.29, 1.82) is 0 Å². The van der Waals surface area contributed by atoms with Crippen LogP contribution in [0.15, 0.2) is 4.52 Å². The van der Waals surface area contributed by atoms with E-state index >= 15 is 0 Å². The van der Waals surface area contributed by atoms with Crippen LogP contribution in [0.5, 0.6) is 0 Å². The number of methoxy groups -OCH3 is 1. The van der Waals surface area contributed by atoms with Crippen molar-refractivity contribution in [1.82, 2.24) is 10.1 Å². The monoisotopic (exact) mass is 282 g/mol. The minimum Gasteiger partial charge on any atom is -0.466 e. The molecule has 6 nitrogen and oxygen atoms in total. The summed E-state index contributed by atoms with van der Waals surface area (Å²) in [7, 11) is 1.67. The second kappa shape index (κ2) is 7.38. The van der Waals surface area contributed by atoms with Gasteiger partial charge in [0, 0.05) is 7.11 Å². The van der Waals surface area contributed by atoms with Crippen LogP contribution in [0, 0.1) is 5.92 Å². The molecule has 1 aliphatic rings. The van der Waals surface area contributed by atoms with Crippen molar-refractivity contribution >= 4 is 5.97 Å². The molecule has 1 atom stereocenters. The Labute approximate surface area is 118 Å². The van der Waals surface area contributed by atoms with E-state index in [1.165, 1.54) is 19.3 Å². The standard InChI is InChI=1S/C14H22N2O4/c1-3-19-12(17)9-11-15-14(16-20-11)13(18-2)10-7-5-4-6-8-10/h10,13H,3-9H2,1-2H3. The number of ether oxygens (including phenoxy) is 2. The first-order chi connectivity index (χ1) is 9.74. The summed E-state index contributed by atoms with van der Waals surface area (Å²) < 4.78 is 15.5. The molecule has 1 aliphatic carbocycles. The lowest BCUT2D eigenvalue weighted by atomic mass is 9.85. The Kier molecular flexibility index (Phi) is 5.52. The SMILES string of the molecule is CCOC(=O)Cc1nc(C(OC)C2CCCCC2)no1. The van der Waals surface area contributed by atoms with Crippen LogP contribution < -0.4 is 0 Å². The molecule has 0 aliphatic heterocycles. The molecule has 0 spiro atoms. The van der Waals surface area contributed by atoms with E-state index in [9.17, 15) is 4.79 Å². The molecule has 112 valence electrons. The van der Waals surface area contributed by atoms with Crippen molar-refractivity contribution in [3.8, 4) is 0 Å². The topological polar surface area (TPSA) is 74.5 Å². The predicted molar refractivity (Wildman–Crippen MR) is 71.0 cm³/mol. The van der Waals surface area contributed by atoms with Gasteiger partial charge in [-0.25, -0.2) is 0 Å². The number of nitrogens with zero attached hydrogens (tertiary/aromatic N) is 2. The molecule has 0 radical (unpaired) electrons. The maximum Gasteiger partial charge on any atom is 0.315 e. The maximum atomic E-state index is 11.4. The molecule has 6 heteroatoms. The van der Waals surface area contributed by atoms with Gasteiger partial charge in [0.05, 0.1) is 6.61 Å². The Balaban J connectivity index is 1.99. The van der Waals surface area contributed by atoms with Gasteiger partial charge in [-0.3, -0.25) is 4.79 Å². The van der Waals surface area contributed by atoms with E-state index in [2.05, 4.69) is 10.1 Å². The number of carbonyl (C=O) groups excluding carboxylic acids is 1. The predicted octanol–water partition coefficient (Wildman–Crippen LogP) is 2.44. The first-order valence-corrected chi connectivity index (χ1v) is 7.25. The quantitative estimate of drug-likeness (QED) is 0.746. The molecule has 1 unspecified atom stereocenters. The molecule has 0 saturated heterocycles. The van der Waals surface area contributed by atoms with Gasteiger partial charge in [-0.15, -0.1) is 0 Å². The van der Waals surface area contributed by atoms with Crippen LogP contribution in [0.3, 0.4) is 0 Å². The van der Waals surface area contributed by atoms with Crippen LogP contribution in [-0.4, -0.2) is 29.8 Å². The van der Waals surface area contributed by atoms with Gasteiger partial charge in [0.2, 0.25) is 11.7 Å². The summed E-state index contributed by atoms with van der Waals surface area (Å²) in [6.07, 6.45) is 5.85. The van der Waals surface area contributed by atoms with Crippen molar-refractivity contribution in [2.45, 2.75) is 51.6 Å². The fourth-order valence-corrected chi connectivity index (χ4v) is 2.74. The molecule has 1 aromatic heterocycles. The summed E-state index contributed by atoms with van der Waals surface area (Å²) in [5.74, 6) is 0.908. The zero-order valence-corrected chi connectivity index (χ0v) is 12.1. The summed E-state index contributed by atoms with van der Waals surface area (Å²) >= 11 is 0. The van der Waals surface area contributed by atoms with Gasteiger partial charge in [0.25, 0.3) is 0 Å². The van der Waals surface area contributed by atoms with Crippen LogP contribution in [0.25, 0.3) is 0 Å². The van der Waals surface area contributed by atoms with Crippen LogP contribution in [-0.2, 0) is 20.7 Å². The minimum atomic E-state index is -0.352. The Bertz CT molecular complexity index is 427. The van der Waals surface area contributed by atoms with E-state index < -0.39 is 0 Å². The summed E-state index contributed by atoms with van der Waals surface area (Å²) in [5, 5.41) is 3.96. The molecular weight excluding hydrogens is 260 g/mol. The normalized spacial score (nSPS) is 17.9. The first kappa shape index (κ1) is 15.0. The van der Waals surface area contributed by atoms with E-state index in [1.54, 1.807) is 14.0 Å². The molecule has 0 aromatic carbocycles. The van der Waals surface area contributed by atoms with Gasteiger partial charge in [-0.1, -0.05) is 24.4 Å². The highest BCUT2D eigenvalue weighted by molar-refractivity contribution is 5.71. The van der Waals surface area contributed by atoms with Crippen molar-refractivity contribution in [3.63, 3.8) is 0 Å². The lowest BCUT2D eigenvalue weighted by Crippen LogP contribution is -2.19. The lowest BCUT2D eigenvalue weighted by Gasteiger charge is -2.26. The zero-order valence-electron chi connectivity index (χ0n) is 12.1. The Morgan fingerprint density at radius 3 is 2.80 bits per heavy atom. The number of aromatic nitrogens is 2. The van der Waals surface area contributed by atoms with Crippen LogP contribution >= 0.6 is 0 Å². The Morgan fingerprint density at radius 2 is 2.15 bits per heavy atom. The highest BCUT2D eigenvalue weighted by atomic mass is 16.5. The fourth-order valence-electron chi connectivity index (χ4n) is 2.74. The molecular formula is C14H22N2O4. The number of hydrogen-bond acceptors (Lipinski definition) is 6. The van der Waals surface area contributed by atoms with Gasteiger partial charge in [-0.2, -0.15) is 4.98 Å². The van der Waals surface area contributed by atoms with Gasteiger partial charge < -0.3 is 14.0 Å². The third-order valence-electron chi connectivity index (χ3n) is 3.67. The largest absolute Gasteiger partial charge is 0.466 e. The molecule has 1 saturated carbocycles. The molecule has 1 fully saturated rings. The van der Waals surface area contributed by atoms with Crippen LogP contribution in [0.2, 0.25) is 0 Å². The molecule has 0 N–H and O–H groups in total. The minimum absolute atomic E-state index is 0.0158. The molecule has 20 heavy (non-hydrogen) atoms. The van der Waals surface area contributed by atoms with Gasteiger partial charge >= 0.3 is 5.97 Å². The van der Waals surface area contributed by atoms with Crippen molar-refractivity contribution in [2.75, 3.05) is 13.7 Å². The Morgan fingerprint density at radius 1 is 1.40 bits per heavy atom. The number of hydrogen-bond donors (Lipinski definition) is 0. The van der Waals surface area contributed by atoms with Crippen LogP contribution in [0.4, 0.5) is 0 Å². The number of esters is 1. The summed E-state index contributed by atoms with van der Waals surface area (Å²) in [6.45, 7) is 2.11. The zero-order chi connectivity index (χ0) is 14.4. The molecule has 1 heterocycles. The Hall–Kier alpha value is -1.43. The molecule has 1 aromatic rings. The average Bonchev–Trinajstić information content (AvgIpc) is 2.89. The number of carbonyl (C=O) groups is 1. The van der Waals surface area contributed by atoms with E-state index in [-0.39, 0.29) is 24.4 Å². The van der Waals surface area contributed by atoms with Gasteiger partial charge in [0.1, 0.15) is 12.5 Å². The van der Waals surface area contributed by atoms with E-state index in [4.69, 9.17) is 14.0 Å². The summed E-state index contributed by atoms with van der Waals surface area (Å²) in [6, 6.07) is 0. The van der Waals surface area contributed by atoms with E-state index in [0.29, 0.717) is 18.3 Å². The van der Waals surface area contributed by atoms with Gasteiger partial charge in [0.15, 0.2) is 0 Å². The smallest absolute Gasteiger partial charge is 0.315 e. The number of rotatable bonds is 6. The van der Waals surface area contributed by atoms with Crippen LogP contribution in [0.1, 0.15) is 56.8 Å².